The fourth-order valence-corrected chi connectivity index (χ4v) is 3.17. The number of hydrogen-bond donors (Lipinski definition) is 0. The Morgan fingerprint density at radius 1 is 1.33 bits per heavy atom. The lowest BCUT2D eigenvalue weighted by Crippen LogP contribution is -2.43. The highest BCUT2D eigenvalue weighted by molar-refractivity contribution is 5.78. The summed E-state index contributed by atoms with van der Waals surface area (Å²) in [6, 6.07) is 2.84. The average Bonchev–Trinajstić information content (AvgIpc) is 3.36. The molecule has 1 aliphatic heterocycles. The van der Waals surface area contributed by atoms with Crippen molar-refractivity contribution in [1.82, 2.24) is 34.8 Å². The molecule has 1 atom stereocenters. The highest BCUT2D eigenvalue weighted by Crippen LogP contribution is 2.32. The quantitative estimate of drug-likeness (QED) is 0.611. The number of carbonyl (C=O) groups is 1. The molecule has 0 saturated carbocycles. The van der Waals surface area contributed by atoms with Gasteiger partial charge in [0, 0.05) is 31.0 Å². The third kappa shape index (κ3) is 3.87. The molecule has 1 amide bonds. The molecule has 0 spiro atoms. The summed E-state index contributed by atoms with van der Waals surface area (Å²) < 4.78 is 50.4. The van der Waals surface area contributed by atoms with Gasteiger partial charge in [0.2, 0.25) is 17.6 Å². The van der Waals surface area contributed by atoms with Crippen LogP contribution >= 0.6 is 0 Å². The monoisotopic (exact) mass is 423 g/mol. The Bertz CT molecular complexity index is 1030. The van der Waals surface area contributed by atoms with Crippen LogP contribution in [0.25, 0.3) is 11.4 Å². The van der Waals surface area contributed by atoms with E-state index >= 15 is 0 Å². The van der Waals surface area contributed by atoms with E-state index in [0.717, 1.165) is 4.57 Å². The highest BCUT2D eigenvalue weighted by Gasteiger charge is 2.41. The lowest BCUT2D eigenvalue weighted by Gasteiger charge is -2.33. The number of halogens is 3. The molecule has 0 bridgehead atoms. The van der Waals surface area contributed by atoms with Crippen molar-refractivity contribution >= 4 is 5.91 Å². The number of aromatic nitrogens is 6. The summed E-state index contributed by atoms with van der Waals surface area (Å²) in [6.07, 6.45) is -1.40. The van der Waals surface area contributed by atoms with Crippen LogP contribution < -0.4 is 0 Å². The minimum absolute atomic E-state index is 0.0502. The Morgan fingerprint density at radius 2 is 2.17 bits per heavy atom. The van der Waals surface area contributed by atoms with Gasteiger partial charge < -0.3 is 18.7 Å². The molecule has 0 aliphatic carbocycles. The number of hydrogen-bond acceptors (Lipinski definition) is 8. The molecule has 3 aromatic rings. The van der Waals surface area contributed by atoms with Crippen LogP contribution in [0.2, 0.25) is 0 Å². The minimum Gasteiger partial charge on any atom is -0.362 e. The first-order valence-corrected chi connectivity index (χ1v) is 8.95. The molecule has 1 unspecified atom stereocenters. The van der Waals surface area contributed by atoms with Crippen LogP contribution in [-0.4, -0.2) is 53.8 Å². The molecule has 1 aliphatic rings. The number of alkyl halides is 3. The molecule has 3 aromatic heterocycles. The molecule has 0 aromatic carbocycles. The topological polar surface area (TPSA) is 112 Å². The summed E-state index contributed by atoms with van der Waals surface area (Å²) in [5.74, 6) is -0.842. The molecule has 30 heavy (non-hydrogen) atoms. The molecular formula is C17H16F3N7O3. The highest BCUT2D eigenvalue weighted by atomic mass is 19.4. The fraction of sp³-hybridized carbons (Fsp3) is 0.412. The third-order valence-electron chi connectivity index (χ3n) is 4.60. The Balaban J connectivity index is 1.34. The van der Waals surface area contributed by atoms with Gasteiger partial charge in [-0.25, -0.2) is 0 Å². The van der Waals surface area contributed by atoms with E-state index in [1.165, 1.54) is 4.90 Å². The molecule has 158 valence electrons. The van der Waals surface area contributed by atoms with Crippen molar-refractivity contribution in [2.24, 2.45) is 0 Å². The van der Waals surface area contributed by atoms with Gasteiger partial charge in [-0.2, -0.15) is 18.2 Å². The Kier molecular flexibility index (Phi) is 5.20. The summed E-state index contributed by atoms with van der Waals surface area (Å²) in [4.78, 5) is 22.0. The van der Waals surface area contributed by atoms with E-state index in [2.05, 4.69) is 25.3 Å². The zero-order chi connectivity index (χ0) is 21.3. The van der Waals surface area contributed by atoms with Gasteiger partial charge >= 0.3 is 6.18 Å². The first kappa shape index (κ1) is 19.9. The molecule has 0 radical (unpaired) electrons. The van der Waals surface area contributed by atoms with Crippen molar-refractivity contribution in [3.8, 4) is 11.4 Å². The van der Waals surface area contributed by atoms with Crippen molar-refractivity contribution < 1.29 is 27.2 Å². The van der Waals surface area contributed by atoms with Crippen molar-refractivity contribution in [2.45, 2.75) is 32.3 Å². The summed E-state index contributed by atoms with van der Waals surface area (Å²) >= 11 is 0. The largest absolute Gasteiger partial charge is 0.451 e. The van der Waals surface area contributed by atoms with E-state index < -0.39 is 23.9 Å². The van der Waals surface area contributed by atoms with Gasteiger partial charge in [-0.05, 0) is 19.1 Å². The maximum Gasteiger partial charge on any atom is 0.451 e. The lowest BCUT2D eigenvalue weighted by molar-refractivity contribution is -0.148. The Labute approximate surface area is 167 Å². The maximum absolute atomic E-state index is 13.0. The van der Waals surface area contributed by atoms with Crippen molar-refractivity contribution in [2.75, 3.05) is 13.2 Å². The normalized spacial score (nSPS) is 16.5. The SMILES string of the molecule is CC1c2nnc(C(F)(F)F)n2CCN1C(=O)COCc1nc(-c2cccnc2)no1. The van der Waals surface area contributed by atoms with Crippen molar-refractivity contribution in [1.29, 1.82) is 0 Å². The van der Waals surface area contributed by atoms with E-state index in [9.17, 15) is 18.0 Å². The zero-order valence-corrected chi connectivity index (χ0v) is 15.7. The van der Waals surface area contributed by atoms with Gasteiger partial charge in [0.1, 0.15) is 13.2 Å². The van der Waals surface area contributed by atoms with Crippen LogP contribution in [-0.2, 0) is 28.9 Å². The van der Waals surface area contributed by atoms with E-state index in [0.29, 0.717) is 11.4 Å². The molecular weight excluding hydrogens is 407 g/mol. The second kappa shape index (κ2) is 7.82. The number of amides is 1. The molecule has 13 heteroatoms. The molecule has 4 heterocycles. The van der Waals surface area contributed by atoms with Crippen molar-refractivity contribution in [3.05, 3.63) is 42.1 Å². The first-order valence-electron chi connectivity index (χ1n) is 8.95. The third-order valence-corrected chi connectivity index (χ3v) is 4.60. The number of rotatable bonds is 5. The van der Waals surface area contributed by atoms with E-state index in [4.69, 9.17) is 9.26 Å². The fourth-order valence-electron chi connectivity index (χ4n) is 3.17. The second-order valence-corrected chi connectivity index (χ2v) is 6.54. The summed E-state index contributed by atoms with van der Waals surface area (Å²) in [5, 5.41) is 10.7. The van der Waals surface area contributed by atoms with Crippen LogP contribution in [0.4, 0.5) is 13.2 Å². The van der Waals surface area contributed by atoms with E-state index in [-0.39, 0.29) is 38.0 Å². The molecule has 10 nitrogen and oxygen atoms in total. The number of nitrogens with zero attached hydrogens (tertiary/aromatic N) is 7. The van der Waals surface area contributed by atoms with Crippen LogP contribution in [0.15, 0.2) is 29.0 Å². The first-order chi connectivity index (χ1) is 14.3. The average molecular weight is 423 g/mol. The number of carbonyl (C=O) groups excluding carboxylic acids is 1. The molecule has 0 fully saturated rings. The van der Waals surface area contributed by atoms with Gasteiger partial charge in [-0.15, -0.1) is 10.2 Å². The predicted octanol–water partition coefficient (Wildman–Crippen LogP) is 1.86. The van der Waals surface area contributed by atoms with Gasteiger partial charge in [-0.1, -0.05) is 5.16 Å². The van der Waals surface area contributed by atoms with Gasteiger partial charge in [0.05, 0.1) is 6.04 Å². The second-order valence-electron chi connectivity index (χ2n) is 6.54. The van der Waals surface area contributed by atoms with Crippen LogP contribution in [0.1, 0.15) is 30.5 Å². The van der Waals surface area contributed by atoms with Gasteiger partial charge in [0.15, 0.2) is 5.82 Å². The number of fused-ring (bicyclic) bond motifs is 1. The van der Waals surface area contributed by atoms with Crippen LogP contribution in [0.3, 0.4) is 0 Å². The van der Waals surface area contributed by atoms with Crippen LogP contribution in [0, 0.1) is 0 Å². The smallest absolute Gasteiger partial charge is 0.362 e. The summed E-state index contributed by atoms with van der Waals surface area (Å²) in [5.41, 5.74) is 0.674. The summed E-state index contributed by atoms with van der Waals surface area (Å²) in [7, 11) is 0. The number of ether oxygens (including phenoxy) is 1. The maximum atomic E-state index is 13.0. The molecule has 0 N–H and O–H groups in total. The standard InChI is InChI=1S/C17H16F3N7O3/c1-10-15-23-24-16(17(18,19)20)27(15)6-5-26(10)13(28)9-29-8-12-22-14(25-30-12)11-3-2-4-21-7-11/h2-4,7,10H,5-6,8-9H2,1H3. The van der Waals surface area contributed by atoms with Gasteiger partial charge in [-0.3, -0.25) is 9.78 Å². The zero-order valence-electron chi connectivity index (χ0n) is 15.7. The van der Waals surface area contributed by atoms with Crippen molar-refractivity contribution in [3.63, 3.8) is 0 Å². The lowest BCUT2D eigenvalue weighted by atomic mass is 10.2. The summed E-state index contributed by atoms with van der Waals surface area (Å²) in [6.45, 7) is 1.25. The van der Waals surface area contributed by atoms with E-state index in [1.807, 2.05) is 0 Å². The Hall–Kier alpha value is -3.35. The minimum atomic E-state index is -4.60. The van der Waals surface area contributed by atoms with Gasteiger partial charge in [0.25, 0.3) is 5.89 Å². The molecule has 0 saturated heterocycles. The predicted molar refractivity (Wildman–Crippen MR) is 92.3 cm³/mol. The van der Waals surface area contributed by atoms with E-state index in [1.54, 1.807) is 31.5 Å². The Morgan fingerprint density at radius 3 is 2.90 bits per heavy atom. The molecule has 4 rings (SSSR count). The van der Waals surface area contributed by atoms with Crippen LogP contribution in [0.5, 0.6) is 0 Å². The number of pyridine rings is 1.